The van der Waals surface area contributed by atoms with Crippen molar-refractivity contribution in [1.82, 2.24) is 0 Å². The Kier molecular flexibility index (Phi) is 2.95. The molecule has 2 saturated carbocycles. The van der Waals surface area contributed by atoms with Crippen molar-refractivity contribution in [3.05, 3.63) is 70.8 Å². The van der Waals surface area contributed by atoms with Gasteiger partial charge in [0.25, 0.3) is 0 Å². The van der Waals surface area contributed by atoms with E-state index in [0.717, 1.165) is 25.7 Å². The Labute approximate surface area is 153 Å². The van der Waals surface area contributed by atoms with Crippen LogP contribution in [0.3, 0.4) is 0 Å². The summed E-state index contributed by atoms with van der Waals surface area (Å²) in [5.41, 5.74) is 5.33. The van der Waals surface area contributed by atoms with Crippen molar-refractivity contribution >= 4 is 11.6 Å². The summed E-state index contributed by atoms with van der Waals surface area (Å²) in [5.74, 6) is 1.65. The van der Waals surface area contributed by atoms with Gasteiger partial charge < -0.3 is 0 Å². The number of carbonyl (C=O) groups is 2. The molecule has 6 rings (SSSR count). The molecule has 0 saturated heterocycles. The molecule has 4 bridgehead atoms. The maximum absolute atomic E-state index is 13.3. The summed E-state index contributed by atoms with van der Waals surface area (Å²) in [6.07, 6.45) is 3.35. The van der Waals surface area contributed by atoms with Gasteiger partial charge >= 0.3 is 0 Å². The average molecular weight is 342 g/mol. The van der Waals surface area contributed by atoms with E-state index in [0.29, 0.717) is 11.6 Å². The Bertz CT molecular complexity index is 795. The maximum atomic E-state index is 13.3. The molecule has 0 N–H and O–H groups in total. The van der Waals surface area contributed by atoms with Gasteiger partial charge in [0.1, 0.15) is 11.6 Å². The third kappa shape index (κ3) is 1.83. The predicted octanol–water partition coefficient (Wildman–Crippen LogP) is 3.45. The molecular formula is C24H22O2. The lowest BCUT2D eigenvalue weighted by Gasteiger charge is -2.29. The van der Waals surface area contributed by atoms with Crippen LogP contribution in [0.2, 0.25) is 0 Å². The first kappa shape index (κ1) is 14.9. The maximum Gasteiger partial charge on any atom is 0.140 e. The summed E-state index contributed by atoms with van der Waals surface area (Å²) in [6, 6.07) is 17.1. The van der Waals surface area contributed by atoms with E-state index in [-0.39, 0.29) is 35.5 Å². The highest BCUT2D eigenvalue weighted by Crippen LogP contribution is 2.58. The number of fused-ring (bicyclic) bond motifs is 11. The molecule has 4 aliphatic carbocycles. The highest BCUT2D eigenvalue weighted by Gasteiger charge is 2.63. The van der Waals surface area contributed by atoms with Crippen LogP contribution in [0.4, 0.5) is 0 Å². The molecule has 26 heavy (non-hydrogen) atoms. The average Bonchev–Trinajstić information content (AvgIpc) is 2.90. The number of Topliss-reactive ketones (excluding diaryl/α,β-unsaturated/α-hetero) is 2. The Hall–Kier alpha value is -2.22. The second kappa shape index (κ2) is 5.16. The van der Waals surface area contributed by atoms with Gasteiger partial charge in [-0.2, -0.15) is 0 Å². The predicted molar refractivity (Wildman–Crippen MR) is 98.7 cm³/mol. The summed E-state index contributed by atoms with van der Waals surface area (Å²) in [4.78, 5) is 26.6. The van der Waals surface area contributed by atoms with Crippen molar-refractivity contribution in [2.24, 2.45) is 35.5 Å². The van der Waals surface area contributed by atoms with Crippen LogP contribution in [-0.4, -0.2) is 11.6 Å². The molecule has 4 aliphatic rings. The van der Waals surface area contributed by atoms with Crippen molar-refractivity contribution in [3.63, 3.8) is 0 Å². The minimum absolute atomic E-state index is 0.0536. The molecule has 4 atom stereocenters. The van der Waals surface area contributed by atoms with E-state index >= 15 is 0 Å². The molecule has 0 aliphatic heterocycles. The van der Waals surface area contributed by atoms with Gasteiger partial charge in [-0.1, -0.05) is 48.5 Å². The minimum Gasteiger partial charge on any atom is -0.299 e. The van der Waals surface area contributed by atoms with Crippen molar-refractivity contribution < 1.29 is 9.59 Å². The Morgan fingerprint density at radius 1 is 0.500 bits per heavy atom. The SMILES string of the molecule is O=C1[C@H]2Cc3ccccc3C[C@@H]1C1C2[C@@H]2Cc3ccccc3C[C@H]1C2=O. The van der Waals surface area contributed by atoms with Crippen molar-refractivity contribution in [1.29, 1.82) is 0 Å². The molecule has 2 fully saturated rings. The van der Waals surface area contributed by atoms with Crippen LogP contribution in [0.15, 0.2) is 48.5 Å². The van der Waals surface area contributed by atoms with Gasteiger partial charge in [0.15, 0.2) is 0 Å². The first-order valence-corrected chi connectivity index (χ1v) is 9.93. The highest BCUT2D eigenvalue weighted by atomic mass is 16.1. The van der Waals surface area contributed by atoms with Crippen LogP contribution in [0.25, 0.3) is 0 Å². The first-order chi connectivity index (χ1) is 12.7. The quantitative estimate of drug-likeness (QED) is 0.687. The summed E-state index contributed by atoms with van der Waals surface area (Å²) >= 11 is 0. The summed E-state index contributed by atoms with van der Waals surface area (Å²) in [6.45, 7) is 0. The van der Waals surface area contributed by atoms with Crippen LogP contribution < -0.4 is 0 Å². The molecule has 0 aromatic heterocycles. The lowest BCUT2D eigenvalue weighted by molar-refractivity contribution is -0.128. The molecule has 2 heteroatoms. The zero-order chi connectivity index (χ0) is 17.4. The van der Waals surface area contributed by atoms with Gasteiger partial charge in [0.05, 0.1) is 0 Å². The zero-order valence-corrected chi connectivity index (χ0v) is 14.7. The Balaban J connectivity index is 1.48. The van der Waals surface area contributed by atoms with Gasteiger partial charge in [-0.05, 0) is 59.8 Å². The lowest BCUT2D eigenvalue weighted by Crippen LogP contribution is -2.27. The van der Waals surface area contributed by atoms with E-state index in [1.807, 2.05) is 0 Å². The summed E-state index contributed by atoms with van der Waals surface area (Å²) in [7, 11) is 0. The molecule has 0 unspecified atom stereocenters. The Morgan fingerprint density at radius 2 is 0.769 bits per heavy atom. The second-order valence-electron chi connectivity index (χ2n) is 8.74. The number of ketones is 2. The molecule has 0 spiro atoms. The zero-order valence-electron chi connectivity index (χ0n) is 14.7. The number of hydrogen-bond acceptors (Lipinski definition) is 2. The van der Waals surface area contributed by atoms with E-state index in [2.05, 4.69) is 48.5 Å². The lowest BCUT2D eigenvalue weighted by atomic mass is 9.73. The van der Waals surface area contributed by atoms with Crippen LogP contribution >= 0.6 is 0 Å². The topological polar surface area (TPSA) is 34.1 Å². The van der Waals surface area contributed by atoms with Gasteiger partial charge in [-0.15, -0.1) is 0 Å². The van der Waals surface area contributed by atoms with Crippen molar-refractivity contribution in [2.75, 3.05) is 0 Å². The molecule has 0 amide bonds. The van der Waals surface area contributed by atoms with Crippen LogP contribution in [0.5, 0.6) is 0 Å². The van der Waals surface area contributed by atoms with E-state index in [1.54, 1.807) is 0 Å². The molecular weight excluding hydrogens is 320 g/mol. The van der Waals surface area contributed by atoms with E-state index < -0.39 is 0 Å². The number of carbonyl (C=O) groups excluding carboxylic acids is 2. The Morgan fingerprint density at radius 3 is 1.04 bits per heavy atom. The fraction of sp³-hybridized carbons (Fsp3) is 0.417. The molecule has 2 aromatic carbocycles. The largest absolute Gasteiger partial charge is 0.299 e. The molecule has 0 heterocycles. The molecule has 2 aromatic rings. The normalized spacial score (nSPS) is 36.8. The van der Waals surface area contributed by atoms with Crippen molar-refractivity contribution in [3.8, 4) is 0 Å². The van der Waals surface area contributed by atoms with E-state index in [4.69, 9.17) is 0 Å². The number of hydrogen-bond donors (Lipinski definition) is 0. The third-order valence-electron chi connectivity index (χ3n) is 7.76. The minimum atomic E-state index is 0.0536. The first-order valence-electron chi connectivity index (χ1n) is 9.93. The van der Waals surface area contributed by atoms with Gasteiger partial charge in [-0.25, -0.2) is 0 Å². The van der Waals surface area contributed by atoms with E-state index in [9.17, 15) is 9.59 Å². The monoisotopic (exact) mass is 342 g/mol. The van der Waals surface area contributed by atoms with Gasteiger partial charge in [0, 0.05) is 23.7 Å². The summed E-state index contributed by atoms with van der Waals surface area (Å²) in [5, 5.41) is 0. The van der Waals surface area contributed by atoms with Crippen LogP contribution in [-0.2, 0) is 35.3 Å². The van der Waals surface area contributed by atoms with Crippen LogP contribution in [0.1, 0.15) is 22.3 Å². The fourth-order valence-electron chi connectivity index (χ4n) is 6.75. The summed E-state index contributed by atoms with van der Waals surface area (Å²) < 4.78 is 0. The van der Waals surface area contributed by atoms with E-state index in [1.165, 1.54) is 22.3 Å². The van der Waals surface area contributed by atoms with Crippen molar-refractivity contribution in [2.45, 2.75) is 25.7 Å². The van der Waals surface area contributed by atoms with Gasteiger partial charge in [0.2, 0.25) is 0 Å². The number of benzene rings is 2. The molecule has 2 nitrogen and oxygen atoms in total. The highest BCUT2D eigenvalue weighted by molar-refractivity contribution is 5.95. The van der Waals surface area contributed by atoms with Gasteiger partial charge in [-0.3, -0.25) is 9.59 Å². The standard InChI is InChI=1S/C24H22O2/c25-23-17-9-13-5-1-2-6-14(13)10-18(23)22-20-12-16-8-4-3-7-15(16)11-19(21(17)22)24(20)26/h1-8,17-22H,9-12H2/t17-,18+,19-,20+,21?,22?. The smallest absolute Gasteiger partial charge is 0.140 e. The fourth-order valence-corrected chi connectivity index (χ4v) is 6.75. The van der Waals surface area contributed by atoms with Crippen LogP contribution in [0, 0.1) is 35.5 Å². The molecule has 0 radical (unpaired) electrons. The molecule has 130 valence electrons. The third-order valence-corrected chi connectivity index (χ3v) is 7.76. The second-order valence-corrected chi connectivity index (χ2v) is 8.74. The number of rotatable bonds is 0.